The molecule has 10 heteroatoms. The van der Waals surface area contributed by atoms with E-state index in [9.17, 15) is 28.0 Å². The molecule has 0 fully saturated rings. The van der Waals surface area contributed by atoms with Crippen LogP contribution in [0.15, 0.2) is 47.1 Å². The normalized spacial score (nSPS) is 16.9. The Hall–Kier alpha value is -3.48. The van der Waals surface area contributed by atoms with E-state index >= 15 is 0 Å². The largest absolute Gasteiger partial charge is 0.469 e. The van der Waals surface area contributed by atoms with Crippen molar-refractivity contribution in [3.05, 3.63) is 58.2 Å². The van der Waals surface area contributed by atoms with Crippen LogP contribution in [0.3, 0.4) is 0 Å². The molecule has 2 N–H and O–H groups in total. The van der Waals surface area contributed by atoms with Gasteiger partial charge in [-0.05, 0) is 17.7 Å². The van der Waals surface area contributed by atoms with Gasteiger partial charge in [0.05, 0.1) is 31.3 Å². The van der Waals surface area contributed by atoms with Gasteiger partial charge in [-0.25, -0.2) is 4.79 Å². The number of allylic oxidation sites excluding steroid dienone is 1. The highest BCUT2D eigenvalue weighted by molar-refractivity contribution is 5.93. The van der Waals surface area contributed by atoms with E-state index < -0.39 is 36.0 Å². The van der Waals surface area contributed by atoms with Crippen LogP contribution in [0.2, 0.25) is 0 Å². The van der Waals surface area contributed by atoms with Crippen molar-refractivity contribution in [3.63, 3.8) is 0 Å². The second kappa shape index (κ2) is 8.04. The molecular weight excluding hydrogens is 381 g/mol. The quantitative estimate of drug-likeness (QED) is 0.778. The molecular formula is C18H15F3N2O5. The van der Waals surface area contributed by atoms with Crippen molar-refractivity contribution in [2.75, 3.05) is 14.2 Å². The summed E-state index contributed by atoms with van der Waals surface area (Å²) in [4.78, 5) is 24.0. The highest BCUT2D eigenvalue weighted by Crippen LogP contribution is 2.41. The summed E-state index contributed by atoms with van der Waals surface area (Å²) in [7, 11) is 2.19. The molecule has 1 heterocycles. The molecule has 7 nitrogen and oxygen atoms in total. The minimum Gasteiger partial charge on any atom is -0.469 e. The molecule has 148 valence electrons. The number of carbonyl (C=O) groups excluding carboxylic acids is 2. The van der Waals surface area contributed by atoms with Crippen LogP contribution in [0.25, 0.3) is 0 Å². The molecule has 0 saturated heterocycles. The topological polar surface area (TPSA) is 112 Å². The first-order chi connectivity index (χ1) is 13.1. The number of esters is 2. The van der Waals surface area contributed by atoms with Crippen molar-refractivity contribution in [2.24, 2.45) is 5.73 Å². The van der Waals surface area contributed by atoms with Crippen molar-refractivity contribution >= 4 is 11.9 Å². The van der Waals surface area contributed by atoms with Gasteiger partial charge in [-0.2, -0.15) is 18.4 Å². The molecule has 0 saturated carbocycles. The van der Waals surface area contributed by atoms with E-state index in [0.717, 1.165) is 38.5 Å². The summed E-state index contributed by atoms with van der Waals surface area (Å²) in [6.45, 7) is 0. The SMILES string of the molecule is COC(=O)CC1=C(C(=O)OC)C(c2ccc(C(F)(F)F)cc2)C(C#N)=C(N)O1. The van der Waals surface area contributed by atoms with Crippen LogP contribution in [0.1, 0.15) is 23.5 Å². The maximum Gasteiger partial charge on any atom is 0.416 e. The smallest absolute Gasteiger partial charge is 0.416 e. The van der Waals surface area contributed by atoms with Crippen LogP contribution >= 0.6 is 0 Å². The Morgan fingerprint density at radius 1 is 1.21 bits per heavy atom. The summed E-state index contributed by atoms with van der Waals surface area (Å²) in [5, 5.41) is 9.45. The maximum atomic E-state index is 12.8. The Morgan fingerprint density at radius 3 is 2.29 bits per heavy atom. The maximum absolute atomic E-state index is 12.8. The van der Waals surface area contributed by atoms with Crippen LogP contribution < -0.4 is 5.73 Å². The van der Waals surface area contributed by atoms with Gasteiger partial charge in [-0.3, -0.25) is 4.79 Å². The first-order valence-electron chi connectivity index (χ1n) is 7.76. The van der Waals surface area contributed by atoms with Crippen molar-refractivity contribution in [2.45, 2.75) is 18.5 Å². The van der Waals surface area contributed by atoms with Crippen molar-refractivity contribution in [1.82, 2.24) is 0 Å². The van der Waals surface area contributed by atoms with Gasteiger partial charge in [-0.15, -0.1) is 0 Å². The Labute approximate surface area is 157 Å². The first-order valence-corrected chi connectivity index (χ1v) is 7.76. The van der Waals surface area contributed by atoms with Gasteiger partial charge in [-0.1, -0.05) is 12.1 Å². The number of nitrogens with two attached hydrogens (primary N) is 1. The fourth-order valence-electron chi connectivity index (χ4n) is 2.68. The van der Waals surface area contributed by atoms with Gasteiger partial charge >= 0.3 is 18.1 Å². The molecule has 1 aromatic rings. The Bertz CT molecular complexity index is 895. The lowest BCUT2D eigenvalue weighted by Gasteiger charge is -2.27. The molecule has 0 bridgehead atoms. The Kier molecular flexibility index (Phi) is 5.98. The second-order valence-corrected chi connectivity index (χ2v) is 5.63. The minimum atomic E-state index is -4.56. The third-order valence-electron chi connectivity index (χ3n) is 4.01. The lowest BCUT2D eigenvalue weighted by atomic mass is 9.82. The van der Waals surface area contributed by atoms with E-state index in [4.69, 9.17) is 15.2 Å². The minimum absolute atomic E-state index is 0.165. The molecule has 1 aliphatic rings. The Balaban J connectivity index is 2.65. The average molecular weight is 396 g/mol. The Morgan fingerprint density at radius 2 is 1.82 bits per heavy atom. The fourth-order valence-corrected chi connectivity index (χ4v) is 2.68. The second-order valence-electron chi connectivity index (χ2n) is 5.63. The zero-order chi connectivity index (χ0) is 21.1. The standard InChI is InChI=1S/C18H15F3N2O5/c1-26-13(24)7-12-15(17(25)27-2)14(11(8-22)16(23)28-12)9-3-5-10(6-4-9)18(19,20)21/h3-6,14H,7,23H2,1-2H3. The number of hydrogen-bond donors (Lipinski definition) is 1. The number of benzene rings is 1. The summed E-state index contributed by atoms with van der Waals surface area (Å²) < 4.78 is 53.0. The first kappa shape index (κ1) is 20.8. The number of nitrogens with zero attached hydrogens (tertiary/aromatic N) is 1. The predicted octanol–water partition coefficient (Wildman–Crippen LogP) is 2.50. The third-order valence-corrected chi connectivity index (χ3v) is 4.01. The molecule has 1 aromatic carbocycles. The third kappa shape index (κ3) is 4.09. The van der Waals surface area contributed by atoms with Gasteiger partial charge in [0.15, 0.2) is 0 Å². The van der Waals surface area contributed by atoms with Crippen molar-refractivity contribution in [1.29, 1.82) is 5.26 Å². The van der Waals surface area contributed by atoms with Gasteiger partial charge in [0.1, 0.15) is 23.8 Å². The zero-order valence-electron chi connectivity index (χ0n) is 14.8. The number of methoxy groups -OCH3 is 2. The van der Waals surface area contributed by atoms with Crippen LogP contribution in [-0.2, 0) is 30.0 Å². The molecule has 1 aliphatic heterocycles. The van der Waals surface area contributed by atoms with Gasteiger partial charge in [0, 0.05) is 0 Å². The van der Waals surface area contributed by atoms with E-state index in [2.05, 4.69) is 4.74 Å². The summed E-state index contributed by atoms with van der Waals surface area (Å²) in [5.41, 5.74) is 4.58. The van der Waals surface area contributed by atoms with Gasteiger partial charge < -0.3 is 19.9 Å². The molecule has 0 spiro atoms. The van der Waals surface area contributed by atoms with E-state index in [-0.39, 0.29) is 28.4 Å². The molecule has 28 heavy (non-hydrogen) atoms. The lowest BCUT2D eigenvalue weighted by Crippen LogP contribution is -2.27. The molecule has 2 rings (SSSR count). The number of halogens is 3. The molecule has 0 aromatic heterocycles. The highest BCUT2D eigenvalue weighted by Gasteiger charge is 2.38. The summed E-state index contributed by atoms with van der Waals surface area (Å²) in [5.74, 6) is -3.44. The number of rotatable bonds is 4. The molecule has 1 atom stereocenters. The van der Waals surface area contributed by atoms with Crippen molar-refractivity contribution < 1.29 is 37.0 Å². The number of ether oxygens (including phenoxy) is 3. The van der Waals surface area contributed by atoms with Crippen molar-refractivity contribution in [3.8, 4) is 6.07 Å². The van der Waals surface area contributed by atoms with E-state index in [0.29, 0.717) is 0 Å². The van der Waals surface area contributed by atoms with Gasteiger partial charge in [0.25, 0.3) is 0 Å². The van der Waals surface area contributed by atoms with E-state index in [1.54, 1.807) is 6.07 Å². The van der Waals surface area contributed by atoms with Crippen LogP contribution in [0.4, 0.5) is 13.2 Å². The number of hydrogen-bond acceptors (Lipinski definition) is 7. The van der Waals surface area contributed by atoms with Crippen LogP contribution in [0, 0.1) is 11.3 Å². The van der Waals surface area contributed by atoms with E-state index in [1.165, 1.54) is 0 Å². The van der Waals surface area contributed by atoms with E-state index in [1.807, 2.05) is 0 Å². The summed E-state index contributed by atoms with van der Waals surface area (Å²) in [6.07, 6.45) is -5.05. The molecule has 0 amide bonds. The predicted molar refractivity (Wildman–Crippen MR) is 87.8 cm³/mol. The fraction of sp³-hybridized carbons (Fsp3) is 0.278. The summed E-state index contributed by atoms with van der Waals surface area (Å²) in [6, 6.07) is 5.64. The molecule has 0 radical (unpaired) electrons. The zero-order valence-corrected chi connectivity index (χ0v) is 14.8. The molecule has 0 aliphatic carbocycles. The average Bonchev–Trinajstić information content (AvgIpc) is 2.66. The number of alkyl halides is 3. The van der Waals surface area contributed by atoms with Crippen LogP contribution in [-0.4, -0.2) is 26.2 Å². The number of carbonyl (C=O) groups is 2. The monoisotopic (exact) mass is 396 g/mol. The van der Waals surface area contributed by atoms with Crippen LogP contribution in [0.5, 0.6) is 0 Å². The molecule has 1 unspecified atom stereocenters. The summed E-state index contributed by atoms with van der Waals surface area (Å²) >= 11 is 0. The van der Waals surface area contributed by atoms with Gasteiger partial charge in [0.2, 0.25) is 5.88 Å². The highest BCUT2D eigenvalue weighted by atomic mass is 19.4. The lowest BCUT2D eigenvalue weighted by molar-refractivity contribution is -0.140. The number of nitriles is 1.